The van der Waals surface area contributed by atoms with Crippen LogP contribution in [0.15, 0.2) is 36.7 Å². The minimum absolute atomic E-state index is 0.107. The lowest BCUT2D eigenvalue weighted by molar-refractivity contribution is -0.116. The molecule has 0 spiro atoms. The van der Waals surface area contributed by atoms with Crippen molar-refractivity contribution in [3.63, 3.8) is 0 Å². The molecule has 5 rings (SSSR count). The molecule has 1 aliphatic rings. The highest BCUT2D eigenvalue weighted by atomic mass is 16.5. The molecule has 10 heteroatoms. The molecule has 0 unspecified atom stereocenters. The number of carbonyl (C=O) groups excluding carboxylic acids is 1. The minimum atomic E-state index is -0.206. The largest absolute Gasteiger partial charge is 0.490 e. The molecule has 10 nitrogen and oxygen atoms in total. The predicted molar refractivity (Wildman–Crippen MR) is 120 cm³/mol. The van der Waals surface area contributed by atoms with Crippen LogP contribution in [0.25, 0.3) is 11.5 Å². The second-order valence-electron chi connectivity index (χ2n) is 7.52. The van der Waals surface area contributed by atoms with Crippen molar-refractivity contribution in [3.8, 4) is 29.7 Å². The average molecular weight is 443 g/mol. The van der Waals surface area contributed by atoms with Crippen molar-refractivity contribution >= 4 is 17.4 Å². The van der Waals surface area contributed by atoms with E-state index in [-0.39, 0.29) is 24.9 Å². The first-order valence-electron chi connectivity index (χ1n) is 10.5. The smallest absolute Gasteiger partial charge is 0.226 e. The summed E-state index contributed by atoms with van der Waals surface area (Å²) in [5.74, 6) is 4.44. The van der Waals surface area contributed by atoms with E-state index >= 15 is 0 Å². The molecule has 4 heterocycles. The van der Waals surface area contributed by atoms with Crippen molar-refractivity contribution in [3.05, 3.63) is 53.5 Å². The third kappa shape index (κ3) is 3.63. The lowest BCUT2D eigenvalue weighted by Gasteiger charge is -2.25. The molecule has 166 valence electrons. The van der Waals surface area contributed by atoms with Crippen LogP contribution < -0.4 is 14.8 Å². The van der Waals surface area contributed by atoms with E-state index in [0.29, 0.717) is 35.4 Å². The first kappa shape index (κ1) is 20.5. The fraction of sp³-hybridized carbons (Fsp3) is 0.261. The summed E-state index contributed by atoms with van der Waals surface area (Å²) in [5, 5.41) is 20.0. The molecule has 0 aliphatic carbocycles. The number of terminal acetylenes is 1. The summed E-state index contributed by atoms with van der Waals surface area (Å²) < 4.78 is 14.6. The van der Waals surface area contributed by atoms with Crippen LogP contribution in [0.2, 0.25) is 0 Å². The average Bonchev–Trinajstić information content (AvgIpc) is 3.41. The van der Waals surface area contributed by atoms with Crippen molar-refractivity contribution in [1.29, 1.82) is 0 Å². The topological polar surface area (TPSA) is 108 Å². The van der Waals surface area contributed by atoms with E-state index in [1.54, 1.807) is 21.3 Å². The molecule has 1 amide bonds. The molecule has 0 saturated heterocycles. The zero-order valence-electron chi connectivity index (χ0n) is 18.1. The molecule has 3 aromatic heterocycles. The van der Waals surface area contributed by atoms with E-state index in [1.807, 2.05) is 32.0 Å². The SMILES string of the molecule is C#CCOc1ccc([C@H]2CC(=O)Nc3c2c(C)nn3-c2ccc3nncn3n2)cc1OCC. The predicted octanol–water partition coefficient (Wildman–Crippen LogP) is 2.50. The molecule has 0 saturated carbocycles. The van der Waals surface area contributed by atoms with Crippen LogP contribution in [0.1, 0.15) is 36.1 Å². The van der Waals surface area contributed by atoms with Gasteiger partial charge in [0.2, 0.25) is 5.91 Å². The Labute approximate surface area is 189 Å². The zero-order valence-corrected chi connectivity index (χ0v) is 18.1. The Bertz CT molecular complexity index is 1400. The van der Waals surface area contributed by atoms with Gasteiger partial charge < -0.3 is 14.8 Å². The number of aryl methyl sites for hydroxylation is 1. The number of carbonyl (C=O) groups is 1. The number of aromatic nitrogens is 6. The number of hydrogen-bond acceptors (Lipinski definition) is 7. The van der Waals surface area contributed by atoms with E-state index < -0.39 is 0 Å². The van der Waals surface area contributed by atoms with Gasteiger partial charge in [0.1, 0.15) is 18.8 Å². The summed E-state index contributed by atoms with van der Waals surface area (Å²) >= 11 is 0. The Morgan fingerprint density at radius 2 is 2.09 bits per heavy atom. The molecule has 1 N–H and O–H groups in total. The quantitative estimate of drug-likeness (QED) is 0.456. The number of fused-ring (bicyclic) bond motifs is 2. The molecule has 0 bridgehead atoms. The van der Waals surface area contributed by atoms with Crippen LogP contribution >= 0.6 is 0 Å². The van der Waals surface area contributed by atoms with Crippen LogP contribution in [0.3, 0.4) is 0 Å². The highest BCUT2D eigenvalue weighted by molar-refractivity contribution is 5.95. The number of anilines is 1. The van der Waals surface area contributed by atoms with E-state index in [2.05, 4.69) is 31.6 Å². The van der Waals surface area contributed by atoms with Crippen molar-refractivity contribution in [2.45, 2.75) is 26.2 Å². The van der Waals surface area contributed by atoms with Gasteiger partial charge in [0.25, 0.3) is 0 Å². The normalized spacial score (nSPS) is 15.1. The summed E-state index contributed by atoms with van der Waals surface area (Å²) in [6.45, 7) is 4.44. The van der Waals surface area contributed by atoms with E-state index in [1.165, 1.54) is 6.33 Å². The minimum Gasteiger partial charge on any atom is -0.490 e. The number of nitrogens with zero attached hydrogens (tertiary/aromatic N) is 6. The fourth-order valence-electron chi connectivity index (χ4n) is 4.08. The maximum Gasteiger partial charge on any atom is 0.226 e. The maximum atomic E-state index is 12.7. The molecule has 1 aromatic carbocycles. The Balaban J connectivity index is 1.59. The van der Waals surface area contributed by atoms with E-state index in [4.69, 9.17) is 15.9 Å². The number of amides is 1. The highest BCUT2D eigenvalue weighted by Crippen LogP contribution is 2.42. The van der Waals surface area contributed by atoms with Crippen LogP contribution in [0.4, 0.5) is 5.82 Å². The second-order valence-corrected chi connectivity index (χ2v) is 7.52. The van der Waals surface area contributed by atoms with Gasteiger partial charge in [-0.2, -0.15) is 14.3 Å². The lowest BCUT2D eigenvalue weighted by atomic mass is 9.85. The molecular formula is C23H21N7O3. The van der Waals surface area contributed by atoms with Gasteiger partial charge in [0, 0.05) is 17.9 Å². The first-order valence-corrected chi connectivity index (χ1v) is 10.5. The second kappa shape index (κ2) is 8.27. The van der Waals surface area contributed by atoms with Gasteiger partial charge in [-0.15, -0.1) is 21.7 Å². The van der Waals surface area contributed by atoms with Crippen molar-refractivity contribution in [2.24, 2.45) is 0 Å². The summed E-state index contributed by atoms with van der Waals surface area (Å²) in [6, 6.07) is 9.24. The fourth-order valence-corrected chi connectivity index (χ4v) is 4.08. The number of nitrogens with one attached hydrogen (secondary N) is 1. The molecule has 33 heavy (non-hydrogen) atoms. The third-order valence-corrected chi connectivity index (χ3v) is 5.45. The van der Waals surface area contributed by atoms with Gasteiger partial charge in [-0.1, -0.05) is 12.0 Å². The molecule has 1 atom stereocenters. The van der Waals surface area contributed by atoms with Gasteiger partial charge in [-0.3, -0.25) is 4.79 Å². The van der Waals surface area contributed by atoms with Crippen molar-refractivity contribution in [2.75, 3.05) is 18.5 Å². The molecule has 4 aromatic rings. The first-order chi connectivity index (χ1) is 16.1. The Kier molecular flexibility index (Phi) is 5.14. The summed E-state index contributed by atoms with van der Waals surface area (Å²) in [6.07, 6.45) is 7.13. The molecular weight excluding hydrogens is 422 g/mol. The monoisotopic (exact) mass is 443 g/mol. The van der Waals surface area contributed by atoms with Crippen molar-refractivity contribution < 1.29 is 14.3 Å². The van der Waals surface area contributed by atoms with Gasteiger partial charge in [0.05, 0.1) is 12.3 Å². The lowest BCUT2D eigenvalue weighted by Crippen LogP contribution is -2.25. The van der Waals surface area contributed by atoms with Crippen molar-refractivity contribution in [1.82, 2.24) is 29.6 Å². The maximum absolute atomic E-state index is 12.7. The van der Waals surface area contributed by atoms with E-state index in [0.717, 1.165) is 16.8 Å². The molecule has 0 radical (unpaired) electrons. The Morgan fingerprint density at radius 3 is 2.91 bits per heavy atom. The highest BCUT2D eigenvalue weighted by Gasteiger charge is 2.33. The Morgan fingerprint density at radius 1 is 1.21 bits per heavy atom. The van der Waals surface area contributed by atoms with E-state index in [9.17, 15) is 4.79 Å². The van der Waals surface area contributed by atoms with Gasteiger partial charge in [-0.05, 0) is 43.7 Å². The van der Waals surface area contributed by atoms with Crippen LogP contribution in [0.5, 0.6) is 11.5 Å². The number of benzene rings is 1. The van der Waals surface area contributed by atoms with Crippen LogP contribution in [-0.2, 0) is 4.79 Å². The molecule has 1 aliphatic heterocycles. The number of rotatable bonds is 6. The third-order valence-electron chi connectivity index (χ3n) is 5.45. The molecule has 0 fully saturated rings. The standard InChI is InChI=1S/C23H21N7O3/c1-4-10-33-17-7-6-15(11-18(17)32-5-2)16-12-21(31)25-23-22(16)14(3)27-30(23)20-9-8-19-26-24-13-29(19)28-20/h1,6-9,11,13,16H,5,10,12H2,2-3H3,(H,25,31)/t16-/m1/s1. The summed E-state index contributed by atoms with van der Waals surface area (Å²) in [7, 11) is 0. The zero-order chi connectivity index (χ0) is 22.9. The van der Waals surface area contributed by atoms with Gasteiger partial charge in [-0.25, -0.2) is 0 Å². The van der Waals surface area contributed by atoms with Gasteiger partial charge >= 0.3 is 0 Å². The Hall–Kier alpha value is -4.39. The van der Waals surface area contributed by atoms with Crippen LogP contribution in [0, 0.1) is 19.3 Å². The summed E-state index contributed by atoms with van der Waals surface area (Å²) in [4.78, 5) is 12.7. The number of ether oxygens (including phenoxy) is 2. The van der Waals surface area contributed by atoms with Gasteiger partial charge in [0.15, 0.2) is 23.0 Å². The number of hydrogen-bond donors (Lipinski definition) is 1. The van der Waals surface area contributed by atoms with Crippen LogP contribution in [-0.4, -0.2) is 48.7 Å². The summed E-state index contributed by atoms with van der Waals surface area (Å²) in [5.41, 5.74) is 3.27.